The van der Waals surface area contributed by atoms with Gasteiger partial charge in [0.15, 0.2) is 0 Å². The van der Waals surface area contributed by atoms with Gasteiger partial charge in [0, 0.05) is 12.1 Å². The van der Waals surface area contributed by atoms with E-state index in [1.54, 1.807) is 0 Å². The fraction of sp³-hybridized carbons (Fsp3) is 0.300. The Labute approximate surface area is 162 Å². The highest BCUT2D eigenvalue weighted by Crippen LogP contribution is 2.25. The smallest absolute Gasteiger partial charge is 0.407 e. The molecular weight excluding hydrogens is 366 g/mol. The van der Waals surface area contributed by atoms with E-state index in [-0.39, 0.29) is 19.6 Å². The molecule has 0 fully saturated rings. The number of benzene rings is 2. The van der Waals surface area contributed by atoms with Crippen molar-refractivity contribution < 1.29 is 34.4 Å². The lowest BCUT2D eigenvalue weighted by Crippen LogP contribution is -2.35. The van der Waals surface area contributed by atoms with Gasteiger partial charge in [0.25, 0.3) is 0 Å². The Kier molecular flexibility index (Phi) is 7.79. The summed E-state index contributed by atoms with van der Waals surface area (Å²) in [4.78, 5) is 22.7. The van der Waals surface area contributed by atoms with Gasteiger partial charge in [-0.05, 0) is 23.3 Å². The molecule has 0 aliphatic carbocycles. The highest BCUT2D eigenvalue weighted by molar-refractivity contribution is 5.71. The van der Waals surface area contributed by atoms with Gasteiger partial charge in [-0.25, -0.2) is 4.79 Å². The number of rotatable bonds is 9. The lowest BCUT2D eigenvalue weighted by Gasteiger charge is -2.20. The number of amides is 1. The third kappa shape index (κ3) is 6.26. The molecule has 150 valence electrons. The first-order valence-electron chi connectivity index (χ1n) is 8.60. The Morgan fingerprint density at radius 3 is 2.46 bits per heavy atom. The van der Waals surface area contributed by atoms with Crippen LogP contribution in [0.5, 0.6) is 5.75 Å². The number of aliphatic carboxylic acids is 1. The highest BCUT2D eigenvalue weighted by Gasteiger charge is 2.21. The Bertz CT molecular complexity index is 794. The van der Waals surface area contributed by atoms with E-state index >= 15 is 0 Å². The zero-order valence-corrected chi connectivity index (χ0v) is 15.4. The van der Waals surface area contributed by atoms with Gasteiger partial charge in [0.05, 0.1) is 13.5 Å². The van der Waals surface area contributed by atoms with E-state index in [0.29, 0.717) is 16.9 Å². The molecule has 28 heavy (non-hydrogen) atoms. The molecule has 2 aromatic rings. The molecule has 2 rings (SSSR count). The van der Waals surface area contributed by atoms with E-state index < -0.39 is 24.3 Å². The van der Waals surface area contributed by atoms with Crippen LogP contribution in [-0.4, -0.2) is 47.1 Å². The molecule has 0 aliphatic heterocycles. The van der Waals surface area contributed by atoms with Crippen molar-refractivity contribution >= 4 is 12.1 Å². The highest BCUT2D eigenvalue weighted by atomic mass is 16.5. The molecule has 0 saturated carbocycles. The SMILES string of the molecule is COc1ccc(C(O)C(O)CNC(=O)OCc2ccccc2)cc1CC(=O)O. The zero-order valence-electron chi connectivity index (χ0n) is 15.4. The Morgan fingerprint density at radius 2 is 1.82 bits per heavy atom. The van der Waals surface area contributed by atoms with E-state index in [1.165, 1.54) is 25.3 Å². The molecule has 0 radical (unpaired) electrons. The van der Waals surface area contributed by atoms with Crippen molar-refractivity contribution in [3.63, 3.8) is 0 Å². The van der Waals surface area contributed by atoms with Crippen LogP contribution in [-0.2, 0) is 22.6 Å². The number of methoxy groups -OCH3 is 1. The number of aliphatic hydroxyl groups is 2. The van der Waals surface area contributed by atoms with E-state index in [1.807, 2.05) is 30.3 Å². The largest absolute Gasteiger partial charge is 0.496 e. The second-order valence-electron chi connectivity index (χ2n) is 6.10. The second-order valence-corrected chi connectivity index (χ2v) is 6.10. The summed E-state index contributed by atoms with van der Waals surface area (Å²) in [5, 5.41) is 31.8. The standard InChI is InChI=1S/C20H23NO7/c1-27-17-8-7-14(9-15(17)10-18(23)24)19(25)16(22)11-21-20(26)28-12-13-5-3-2-4-6-13/h2-9,16,19,22,25H,10-12H2,1H3,(H,21,26)(H,23,24). The molecule has 0 spiro atoms. The van der Waals surface area contributed by atoms with E-state index in [2.05, 4.69) is 5.32 Å². The van der Waals surface area contributed by atoms with Crippen molar-refractivity contribution in [1.29, 1.82) is 0 Å². The van der Waals surface area contributed by atoms with Crippen LogP contribution in [0.2, 0.25) is 0 Å². The summed E-state index contributed by atoms with van der Waals surface area (Å²) in [5.41, 5.74) is 1.50. The molecule has 8 heteroatoms. The summed E-state index contributed by atoms with van der Waals surface area (Å²) in [5.74, 6) is -0.677. The van der Waals surface area contributed by atoms with Gasteiger partial charge in [0.1, 0.15) is 24.6 Å². The second kappa shape index (κ2) is 10.3. The van der Waals surface area contributed by atoms with Crippen molar-refractivity contribution in [3.8, 4) is 5.75 Å². The predicted octanol–water partition coefficient (Wildman–Crippen LogP) is 1.64. The average Bonchev–Trinajstić information content (AvgIpc) is 2.70. The first-order chi connectivity index (χ1) is 13.4. The van der Waals surface area contributed by atoms with Gasteiger partial charge in [-0.3, -0.25) is 4.79 Å². The minimum atomic E-state index is -1.33. The molecule has 0 aromatic heterocycles. The number of aliphatic hydroxyl groups excluding tert-OH is 2. The predicted molar refractivity (Wildman–Crippen MR) is 99.9 cm³/mol. The first-order valence-corrected chi connectivity index (χ1v) is 8.60. The topological polar surface area (TPSA) is 125 Å². The number of carboxylic acid groups (broad SMARTS) is 1. The molecule has 8 nitrogen and oxygen atoms in total. The van der Waals surface area contributed by atoms with Gasteiger partial charge in [-0.1, -0.05) is 36.4 Å². The van der Waals surface area contributed by atoms with E-state index in [0.717, 1.165) is 5.56 Å². The molecular formula is C20H23NO7. The summed E-state index contributed by atoms with van der Waals surface area (Å²) < 4.78 is 10.1. The number of carboxylic acids is 1. The maximum atomic E-state index is 11.7. The molecule has 0 heterocycles. The Hall–Kier alpha value is -3.10. The summed E-state index contributed by atoms with van der Waals surface area (Å²) in [6, 6.07) is 13.6. The van der Waals surface area contributed by atoms with Gasteiger partial charge in [0.2, 0.25) is 0 Å². The van der Waals surface area contributed by atoms with Crippen molar-refractivity contribution in [3.05, 3.63) is 65.2 Å². The maximum absolute atomic E-state index is 11.7. The number of carbonyl (C=O) groups is 2. The minimum Gasteiger partial charge on any atom is -0.496 e. The molecule has 0 aliphatic rings. The van der Waals surface area contributed by atoms with Crippen molar-refractivity contribution in [1.82, 2.24) is 5.32 Å². The van der Waals surface area contributed by atoms with Crippen LogP contribution in [0.4, 0.5) is 4.79 Å². The lowest BCUT2D eigenvalue weighted by molar-refractivity contribution is -0.136. The van der Waals surface area contributed by atoms with Crippen LogP contribution < -0.4 is 10.1 Å². The van der Waals surface area contributed by atoms with Crippen LogP contribution in [0.25, 0.3) is 0 Å². The third-order valence-electron chi connectivity index (χ3n) is 4.02. The molecule has 1 amide bonds. The van der Waals surface area contributed by atoms with Crippen molar-refractivity contribution in [2.24, 2.45) is 0 Å². The normalized spacial score (nSPS) is 12.7. The first kappa shape index (κ1) is 21.2. The molecule has 4 N–H and O–H groups in total. The average molecular weight is 389 g/mol. The van der Waals surface area contributed by atoms with E-state index in [9.17, 15) is 19.8 Å². The molecule has 2 unspecified atom stereocenters. The summed E-state index contributed by atoms with van der Waals surface area (Å²) in [6.45, 7) is -0.155. The Balaban J connectivity index is 1.90. The van der Waals surface area contributed by atoms with Crippen LogP contribution in [0, 0.1) is 0 Å². The van der Waals surface area contributed by atoms with Crippen molar-refractivity contribution in [2.75, 3.05) is 13.7 Å². The molecule has 2 aromatic carbocycles. The van der Waals surface area contributed by atoms with Crippen LogP contribution in [0.1, 0.15) is 22.8 Å². The fourth-order valence-corrected chi connectivity index (χ4v) is 2.58. The molecule has 2 atom stereocenters. The van der Waals surface area contributed by atoms with Gasteiger partial charge >= 0.3 is 12.1 Å². The van der Waals surface area contributed by atoms with Gasteiger partial charge in [-0.15, -0.1) is 0 Å². The summed E-state index contributed by atoms with van der Waals surface area (Å²) in [7, 11) is 1.41. The quantitative estimate of drug-likeness (QED) is 0.514. The van der Waals surface area contributed by atoms with Crippen LogP contribution in [0.3, 0.4) is 0 Å². The van der Waals surface area contributed by atoms with Crippen LogP contribution >= 0.6 is 0 Å². The summed E-state index contributed by atoms with van der Waals surface area (Å²) >= 11 is 0. The zero-order chi connectivity index (χ0) is 20.5. The number of nitrogens with one attached hydrogen (secondary N) is 1. The Morgan fingerprint density at radius 1 is 1.11 bits per heavy atom. The fourth-order valence-electron chi connectivity index (χ4n) is 2.58. The lowest BCUT2D eigenvalue weighted by atomic mass is 10.00. The number of alkyl carbamates (subject to hydrolysis) is 1. The van der Waals surface area contributed by atoms with Crippen molar-refractivity contribution in [2.45, 2.75) is 25.2 Å². The maximum Gasteiger partial charge on any atom is 0.407 e. The number of hydrogen-bond acceptors (Lipinski definition) is 6. The minimum absolute atomic E-state index is 0.0857. The summed E-state index contributed by atoms with van der Waals surface area (Å²) in [6.07, 6.45) is -3.65. The van der Waals surface area contributed by atoms with Gasteiger partial charge in [-0.2, -0.15) is 0 Å². The monoisotopic (exact) mass is 389 g/mol. The number of ether oxygens (including phenoxy) is 2. The number of carbonyl (C=O) groups excluding carboxylic acids is 1. The van der Waals surface area contributed by atoms with Gasteiger partial charge < -0.3 is 30.1 Å². The number of hydrogen-bond donors (Lipinski definition) is 4. The molecule has 0 saturated heterocycles. The van der Waals surface area contributed by atoms with E-state index in [4.69, 9.17) is 14.6 Å². The third-order valence-corrected chi connectivity index (χ3v) is 4.02. The molecule has 0 bridgehead atoms. The van der Waals surface area contributed by atoms with Crippen LogP contribution in [0.15, 0.2) is 48.5 Å².